The van der Waals surface area contributed by atoms with E-state index in [-0.39, 0.29) is 0 Å². The van der Waals surface area contributed by atoms with Crippen molar-refractivity contribution < 1.29 is 0 Å². The number of nitrogens with two attached hydrogens (primary N) is 1. The summed E-state index contributed by atoms with van der Waals surface area (Å²) in [6.07, 6.45) is 3.04. The van der Waals surface area contributed by atoms with E-state index in [2.05, 4.69) is 16.8 Å². The molecule has 0 fully saturated rings. The lowest BCUT2D eigenvalue weighted by molar-refractivity contribution is 0.989. The summed E-state index contributed by atoms with van der Waals surface area (Å²) in [5.74, 6) is 0. The molecule has 0 radical (unpaired) electrons. The predicted octanol–water partition coefficient (Wildman–Crippen LogP) is 1.56. The summed E-state index contributed by atoms with van der Waals surface area (Å²) in [5.41, 5.74) is 7.10. The van der Waals surface area contributed by atoms with Gasteiger partial charge in [0.05, 0.1) is 10.7 Å². The van der Waals surface area contributed by atoms with Crippen molar-refractivity contribution in [1.29, 1.82) is 0 Å². The number of thiocarbonyl (C=S) groups is 1. The fraction of sp³-hybridized carbons (Fsp3) is 0.222. The van der Waals surface area contributed by atoms with E-state index in [9.17, 15) is 0 Å². The van der Waals surface area contributed by atoms with E-state index in [1.165, 1.54) is 0 Å². The van der Waals surface area contributed by atoms with E-state index in [1.54, 1.807) is 6.20 Å². The zero-order valence-electron chi connectivity index (χ0n) is 7.23. The van der Waals surface area contributed by atoms with Crippen molar-refractivity contribution in [1.82, 2.24) is 10.2 Å². The molecule has 1 rings (SSSR count). The molecule has 0 aliphatic carbocycles. The number of nitrogens with zero attached hydrogens (tertiary/aromatic N) is 2. The van der Waals surface area contributed by atoms with Crippen LogP contribution in [0.5, 0.6) is 0 Å². The third-order valence-electron chi connectivity index (χ3n) is 1.61. The second-order valence-corrected chi connectivity index (χ2v) is 3.20. The molecular formula is C9H11N3S. The standard InChI is InChI=1S/C9H11N3S/c1-7(4-5-9(10)13)8-3-2-6-11-12-8/h2-3,6H,1,4-5H2,(H2,10,13). The second-order valence-electron chi connectivity index (χ2n) is 2.68. The lowest BCUT2D eigenvalue weighted by Gasteiger charge is -2.02. The van der Waals surface area contributed by atoms with Gasteiger partial charge in [-0.3, -0.25) is 0 Å². The highest BCUT2D eigenvalue weighted by atomic mass is 32.1. The minimum absolute atomic E-state index is 0.505. The Labute approximate surface area is 82.7 Å². The smallest absolute Gasteiger partial charge is 0.0883 e. The maximum absolute atomic E-state index is 5.37. The van der Waals surface area contributed by atoms with Crippen LogP contribution in [-0.2, 0) is 0 Å². The highest BCUT2D eigenvalue weighted by molar-refractivity contribution is 7.80. The molecule has 0 spiro atoms. The van der Waals surface area contributed by atoms with Crippen LogP contribution in [-0.4, -0.2) is 15.2 Å². The molecule has 0 saturated carbocycles. The Morgan fingerprint density at radius 3 is 2.85 bits per heavy atom. The highest BCUT2D eigenvalue weighted by Gasteiger charge is 2.00. The normalized spacial score (nSPS) is 9.54. The van der Waals surface area contributed by atoms with Gasteiger partial charge in [0.2, 0.25) is 0 Å². The maximum atomic E-state index is 5.37. The molecule has 0 saturated heterocycles. The minimum atomic E-state index is 0.505. The summed E-state index contributed by atoms with van der Waals surface area (Å²) in [7, 11) is 0. The minimum Gasteiger partial charge on any atom is -0.393 e. The molecule has 0 unspecified atom stereocenters. The van der Waals surface area contributed by atoms with Gasteiger partial charge in [0.15, 0.2) is 0 Å². The first-order chi connectivity index (χ1) is 6.20. The van der Waals surface area contributed by atoms with Crippen molar-refractivity contribution in [3.63, 3.8) is 0 Å². The lowest BCUT2D eigenvalue weighted by Crippen LogP contribution is -2.07. The van der Waals surface area contributed by atoms with Crippen LogP contribution in [0.4, 0.5) is 0 Å². The molecule has 0 aliphatic rings. The molecule has 13 heavy (non-hydrogen) atoms. The molecule has 1 aromatic rings. The van der Waals surface area contributed by atoms with Gasteiger partial charge in [0.25, 0.3) is 0 Å². The largest absolute Gasteiger partial charge is 0.393 e. The van der Waals surface area contributed by atoms with Crippen LogP contribution in [0.2, 0.25) is 0 Å². The van der Waals surface area contributed by atoms with Gasteiger partial charge in [-0.2, -0.15) is 10.2 Å². The van der Waals surface area contributed by atoms with E-state index in [0.717, 1.165) is 17.7 Å². The Morgan fingerprint density at radius 2 is 2.31 bits per heavy atom. The van der Waals surface area contributed by atoms with Crippen LogP contribution in [0.15, 0.2) is 24.9 Å². The molecule has 68 valence electrons. The zero-order chi connectivity index (χ0) is 9.68. The van der Waals surface area contributed by atoms with Crippen LogP contribution < -0.4 is 5.73 Å². The van der Waals surface area contributed by atoms with Crippen molar-refractivity contribution in [2.75, 3.05) is 0 Å². The number of aromatic nitrogens is 2. The van der Waals surface area contributed by atoms with Crippen LogP contribution >= 0.6 is 12.2 Å². The number of rotatable bonds is 4. The third kappa shape index (κ3) is 3.29. The SMILES string of the molecule is C=C(CCC(N)=S)c1cccnn1. The van der Waals surface area contributed by atoms with E-state index >= 15 is 0 Å². The molecule has 1 heterocycles. The Morgan fingerprint density at radius 1 is 1.54 bits per heavy atom. The van der Waals surface area contributed by atoms with Crippen LogP contribution in [0.1, 0.15) is 18.5 Å². The van der Waals surface area contributed by atoms with Crippen molar-refractivity contribution >= 4 is 22.8 Å². The van der Waals surface area contributed by atoms with Gasteiger partial charge in [0.1, 0.15) is 0 Å². The first-order valence-electron chi connectivity index (χ1n) is 3.94. The molecule has 0 aliphatic heterocycles. The van der Waals surface area contributed by atoms with Crippen molar-refractivity contribution in [3.8, 4) is 0 Å². The van der Waals surface area contributed by atoms with Crippen molar-refractivity contribution in [3.05, 3.63) is 30.6 Å². The monoisotopic (exact) mass is 193 g/mol. The number of hydrogen-bond acceptors (Lipinski definition) is 3. The Bertz CT molecular complexity index is 308. The van der Waals surface area contributed by atoms with Crippen LogP contribution in [0.3, 0.4) is 0 Å². The van der Waals surface area contributed by atoms with E-state index in [0.29, 0.717) is 11.4 Å². The zero-order valence-corrected chi connectivity index (χ0v) is 8.05. The van der Waals surface area contributed by atoms with Gasteiger partial charge in [-0.15, -0.1) is 0 Å². The molecule has 0 atom stereocenters. The van der Waals surface area contributed by atoms with Gasteiger partial charge < -0.3 is 5.73 Å². The maximum Gasteiger partial charge on any atom is 0.0883 e. The van der Waals surface area contributed by atoms with Crippen molar-refractivity contribution in [2.24, 2.45) is 5.73 Å². The Kier molecular flexibility index (Phi) is 3.52. The fourth-order valence-electron chi connectivity index (χ4n) is 0.892. The molecule has 1 aromatic heterocycles. The molecule has 0 bridgehead atoms. The van der Waals surface area contributed by atoms with Gasteiger partial charge in [-0.1, -0.05) is 18.8 Å². The quantitative estimate of drug-likeness (QED) is 0.737. The van der Waals surface area contributed by atoms with E-state index in [1.807, 2.05) is 12.1 Å². The molecule has 2 N–H and O–H groups in total. The average molecular weight is 193 g/mol. The summed E-state index contributed by atoms with van der Waals surface area (Å²) in [4.78, 5) is 0.505. The van der Waals surface area contributed by atoms with Gasteiger partial charge in [0, 0.05) is 12.6 Å². The molecule has 0 aromatic carbocycles. The molecular weight excluding hydrogens is 182 g/mol. The highest BCUT2D eigenvalue weighted by Crippen LogP contribution is 2.13. The Balaban J connectivity index is 2.54. The molecule has 0 amide bonds. The molecule has 4 heteroatoms. The van der Waals surface area contributed by atoms with Gasteiger partial charge in [-0.05, 0) is 24.1 Å². The molecule has 3 nitrogen and oxygen atoms in total. The van der Waals surface area contributed by atoms with Crippen molar-refractivity contribution in [2.45, 2.75) is 12.8 Å². The second kappa shape index (κ2) is 4.67. The summed E-state index contributed by atoms with van der Waals surface area (Å²) in [6, 6.07) is 3.70. The first-order valence-corrected chi connectivity index (χ1v) is 4.35. The third-order valence-corrected chi connectivity index (χ3v) is 1.81. The topological polar surface area (TPSA) is 51.8 Å². The number of hydrogen-bond donors (Lipinski definition) is 1. The number of allylic oxidation sites excluding steroid dienone is 1. The van der Waals surface area contributed by atoms with Crippen LogP contribution in [0, 0.1) is 0 Å². The fourth-order valence-corrected chi connectivity index (χ4v) is 0.994. The predicted molar refractivity (Wildman–Crippen MR) is 57.1 cm³/mol. The summed E-state index contributed by atoms with van der Waals surface area (Å²) in [6.45, 7) is 3.88. The summed E-state index contributed by atoms with van der Waals surface area (Å²) < 4.78 is 0. The Hall–Kier alpha value is -1.29. The van der Waals surface area contributed by atoms with Gasteiger partial charge in [-0.25, -0.2) is 0 Å². The average Bonchev–Trinajstić information content (AvgIpc) is 2.15. The first kappa shape index (κ1) is 9.80. The van der Waals surface area contributed by atoms with Gasteiger partial charge >= 0.3 is 0 Å². The summed E-state index contributed by atoms with van der Waals surface area (Å²) in [5, 5.41) is 7.68. The summed E-state index contributed by atoms with van der Waals surface area (Å²) >= 11 is 4.76. The van der Waals surface area contributed by atoms with Crippen LogP contribution in [0.25, 0.3) is 5.57 Å². The lowest BCUT2D eigenvalue weighted by atomic mass is 10.1. The van der Waals surface area contributed by atoms with E-state index in [4.69, 9.17) is 18.0 Å². The van der Waals surface area contributed by atoms with E-state index < -0.39 is 0 Å².